The Labute approximate surface area is 195 Å². The summed E-state index contributed by atoms with van der Waals surface area (Å²) in [6.07, 6.45) is 0.816. The van der Waals surface area contributed by atoms with Crippen LogP contribution in [0.4, 0.5) is 18.9 Å². The Hall–Kier alpha value is -2.85. The monoisotopic (exact) mass is 477 g/mol. The number of amides is 1. The van der Waals surface area contributed by atoms with Gasteiger partial charge in [-0.25, -0.2) is 13.2 Å². The van der Waals surface area contributed by atoms with E-state index in [2.05, 4.69) is 27.3 Å². The first-order chi connectivity index (χ1) is 15.7. The van der Waals surface area contributed by atoms with E-state index in [0.29, 0.717) is 11.7 Å². The molecule has 0 radical (unpaired) electrons. The molecule has 0 aliphatic heterocycles. The fourth-order valence-corrected chi connectivity index (χ4v) is 4.25. The predicted octanol–water partition coefficient (Wildman–Crippen LogP) is 4.88. The summed E-state index contributed by atoms with van der Waals surface area (Å²) in [5.74, 6) is -4.18. The molecule has 2 aromatic carbocycles. The molecule has 0 spiro atoms. The Balaban J connectivity index is 1.85. The fourth-order valence-electron chi connectivity index (χ4n) is 3.40. The summed E-state index contributed by atoms with van der Waals surface area (Å²) in [6.45, 7) is 4.20. The van der Waals surface area contributed by atoms with Crippen LogP contribution < -0.4 is 5.32 Å². The first-order valence-electron chi connectivity index (χ1n) is 10.5. The zero-order chi connectivity index (χ0) is 24.1. The summed E-state index contributed by atoms with van der Waals surface area (Å²) in [5.41, 5.74) is 0.631. The van der Waals surface area contributed by atoms with Crippen molar-refractivity contribution < 1.29 is 18.0 Å². The Morgan fingerprint density at radius 1 is 1.09 bits per heavy atom. The molecule has 1 N–H and O–H groups in total. The Bertz CT molecular complexity index is 1110. The normalized spacial score (nSPS) is 13.2. The lowest BCUT2D eigenvalue weighted by atomic mass is 10.2. The lowest BCUT2D eigenvalue weighted by Gasteiger charge is -2.23. The fraction of sp³-hybridized carbons (Fsp3) is 0.348. The number of nitrogens with zero attached hydrogens (tertiary/aromatic N) is 4. The number of carbonyl (C=O) groups excluding carboxylic acids is 1. The molecule has 0 aliphatic carbocycles. The number of carbonyl (C=O) groups is 1. The van der Waals surface area contributed by atoms with Crippen LogP contribution >= 0.6 is 11.8 Å². The van der Waals surface area contributed by atoms with E-state index in [9.17, 15) is 18.0 Å². The molecule has 3 aromatic rings. The Morgan fingerprint density at radius 3 is 2.42 bits per heavy atom. The van der Waals surface area contributed by atoms with Crippen molar-refractivity contribution in [3.05, 3.63) is 71.3 Å². The summed E-state index contributed by atoms with van der Waals surface area (Å²) in [7, 11) is 3.93. The molecule has 1 heterocycles. The second-order valence-electron chi connectivity index (χ2n) is 7.77. The molecule has 0 aliphatic rings. The van der Waals surface area contributed by atoms with Crippen LogP contribution in [0, 0.1) is 17.5 Å². The number of hydrogen-bond acceptors (Lipinski definition) is 5. The van der Waals surface area contributed by atoms with E-state index in [-0.39, 0.29) is 6.04 Å². The average Bonchev–Trinajstić information content (AvgIpc) is 3.16. The third kappa shape index (κ3) is 5.75. The van der Waals surface area contributed by atoms with Crippen LogP contribution in [0.3, 0.4) is 0 Å². The van der Waals surface area contributed by atoms with E-state index in [1.807, 2.05) is 49.0 Å². The van der Waals surface area contributed by atoms with Gasteiger partial charge in [0.2, 0.25) is 5.91 Å². The first kappa shape index (κ1) is 24.8. The van der Waals surface area contributed by atoms with Crippen molar-refractivity contribution in [1.29, 1.82) is 0 Å². The van der Waals surface area contributed by atoms with E-state index in [4.69, 9.17) is 0 Å². The van der Waals surface area contributed by atoms with E-state index in [0.717, 1.165) is 41.7 Å². The predicted molar refractivity (Wildman–Crippen MR) is 123 cm³/mol. The molecule has 1 amide bonds. The smallest absolute Gasteiger partial charge is 0.237 e. The van der Waals surface area contributed by atoms with Crippen LogP contribution in [0.25, 0.3) is 0 Å². The molecule has 6 nitrogen and oxygen atoms in total. The minimum atomic E-state index is -1.63. The summed E-state index contributed by atoms with van der Waals surface area (Å²) < 4.78 is 42.6. The molecular weight excluding hydrogens is 451 g/mol. The largest absolute Gasteiger partial charge is 0.323 e. The zero-order valence-electron chi connectivity index (χ0n) is 18.8. The van der Waals surface area contributed by atoms with Gasteiger partial charge in [0.15, 0.2) is 28.4 Å². The number of hydrogen-bond donors (Lipinski definition) is 1. The second-order valence-corrected chi connectivity index (χ2v) is 9.08. The number of rotatable bonds is 9. The van der Waals surface area contributed by atoms with Gasteiger partial charge in [0, 0.05) is 0 Å². The van der Waals surface area contributed by atoms with Gasteiger partial charge < -0.3 is 9.88 Å². The molecule has 0 fully saturated rings. The van der Waals surface area contributed by atoms with E-state index in [1.54, 1.807) is 6.92 Å². The summed E-state index contributed by atoms with van der Waals surface area (Å²) >= 11 is 1.16. The quantitative estimate of drug-likeness (QED) is 0.352. The van der Waals surface area contributed by atoms with Crippen molar-refractivity contribution in [3.8, 4) is 0 Å². The topological polar surface area (TPSA) is 63.1 Å². The van der Waals surface area contributed by atoms with E-state index < -0.39 is 34.3 Å². The molecule has 1 aromatic heterocycles. The van der Waals surface area contributed by atoms with Crippen LogP contribution in [0.5, 0.6) is 0 Å². The van der Waals surface area contributed by atoms with Gasteiger partial charge in [0.25, 0.3) is 0 Å². The van der Waals surface area contributed by atoms with Gasteiger partial charge in [0.05, 0.1) is 23.5 Å². The maximum Gasteiger partial charge on any atom is 0.237 e. The molecule has 0 saturated carbocycles. The number of thioether (sulfide) groups is 1. The zero-order valence-corrected chi connectivity index (χ0v) is 19.7. The number of halogens is 3. The standard InChI is InChI=1S/C23H26F3N5OS/c1-5-18(30(3)4)21-28-29-23(31(21)13-15-9-7-6-8-10-15)33-14(2)22(32)27-17-12-11-16(24)19(25)20(17)26/h6-12,14,18H,5,13H2,1-4H3,(H,27,32)/t14-,18+/m0/s1. The van der Waals surface area contributed by atoms with Crippen molar-refractivity contribution in [2.24, 2.45) is 0 Å². The van der Waals surface area contributed by atoms with Crippen LogP contribution in [-0.2, 0) is 11.3 Å². The highest BCUT2D eigenvalue weighted by molar-refractivity contribution is 8.00. The second kappa shape index (κ2) is 10.8. The van der Waals surface area contributed by atoms with Gasteiger partial charge in [-0.1, -0.05) is 49.0 Å². The SMILES string of the molecule is CC[C@H](c1nnc(S[C@@H](C)C(=O)Nc2ccc(F)c(F)c2F)n1Cc1ccccc1)N(C)C. The number of benzene rings is 2. The van der Waals surface area contributed by atoms with Crippen molar-refractivity contribution in [2.75, 3.05) is 19.4 Å². The Kier molecular flexibility index (Phi) is 8.15. The summed E-state index contributed by atoms with van der Waals surface area (Å²) in [6, 6.07) is 11.6. The molecule has 2 atom stereocenters. The van der Waals surface area contributed by atoms with Crippen LogP contribution in [0.15, 0.2) is 47.6 Å². The molecule has 0 unspecified atom stereocenters. The van der Waals surface area contributed by atoms with Crippen molar-refractivity contribution in [1.82, 2.24) is 19.7 Å². The molecule has 33 heavy (non-hydrogen) atoms. The Morgan fingerprint density at radius 2 is 1.79 bits per heavy atom. The minimum absolute atomic E-state index is 0.0241. The highest BCUT2D eigenvalue weighted by Gasteiger charge is 2.26. The van der Waals surface area contributed by atoms with Crippen LogP contribution in [0.1, 0.15) is 37.7 Å². The molecule has 0 saturated heterocycles. The van der Waals surface area contributed by atoms with Crippen LogP contribution in [0.2, 0.25) is 0 Å². The van der Waals surface area contributed by atoms with Gasteiger partial charge >= 0.3 is 0 Å². The maximum atomic E-state index is 14.0. The molecule has 10 heteroatoms. The van der Waals surface area contributed by atoms with E-state index >= 15 is 0 Å². The summed E-state index contributed by atoms with van der Waals surface area (Å²) in [5, 5.41) is 10.9. The summed E-state index contributed by atoms with van der Waals surface area (Å²) in [4.78, 5) is 14.7. The van der Waals surface area contributed by atoms with Gasteiger partial charge in [-0.3, -0.25) is 9.69 Å². The maximum absolute atomic E-state index is 14.0. The first-order valence-corrected chi connectivity index (χ1v) is 11.3. The number of anilines is 1. The highest BCUT2D eigenvalue weighted by atomic mass is 32.2. The number of nitrogens with one attached hydrogen (secondary N) is 1. The third-order valence-electron chi connectivity index (χ3n) is 5.18. The lowest BCUT2D eigenvalue weighted by Crippen LogP contribution is -2.25. The average molecular weight is 478 g/mol. The molecule has 176 valence electrons. The van der Waals surface area contributed by atoms with Gasteiger partial charge in [-0.15, -0.1) is 10.2 Å². The minimum Gasteiger partial charge on any atom is -0.323 e. The molecular formula is C23H26F3N5OS. The molecule has 3 rings (SSSR count). The van der Waals surface area contributed by atoms with Gasteiger partial charge in [-0.05, 0) is 45.1 Å². The van der Waals surface area contributed by atoms with Crippen LogP contribution in [-0.4, -0.2) is 44.9 Å². The van der Waals surface area contributed by atoms with E-state index in [1.165, 1.54) is 0 Å². The van der Waals surface area contributed by atoms with Gasteiger partial charge in [-0.2, -0.15) is 0 Å². The third-order valence-corrected chi connectivity index (χ3v) is 6.26. The highest BCUT2D eigenvalue weighted by Crippen LogP contribution is 2.29. The van der Waals surface area contributed by atoms with Crippen molar-refractivity contribution in [2.45, 2.75) is 43.3 Å². The van der Waals surface area contributed by atoms with Crippen molar-refractivity contribution in [3.63, 3.8) is 0 Å². The lowest BCUT2D eigenvalue weighted by molar-refractivity contribution is -0.115. The molecule has 0 bridgehead atoms. The van der Waals surface area contributed by atoms with Crippen molar-refractivity contribution >= 4 is 23.4 Å². The number of aromatic nitrogens is 3. The van der Waals surface area contributed by atoms with Gasteiger partial charge in [0.1, 0.15) is 0 Å².